The average molecular weight is 218 g/mol. The van der Waals surface area contributed by atoms with Crippen molar-refractivity contribution in [3.05, 3.63) is 40.6 Å². The third-order valence-corrected chi connectivity index (χ3v) is 2.19. The molecule has 0 saturated heterocycles. The second kappa shape index (κ2) is 3.65. The van der Waals surface area contributed by atoms with Crippen LogP contribution >= 0.6 is 0 Å². The second-order valence-corrected chi connectivity index (χ2v) is 3.41. The van der Waals surface area contributed by atoms with Gasteiger partial charge in [0.15, 0.2) is 0 Å². The number of nitro benzene ring substituents is 1. The molecule has 16 heavy (non-hydrogen) atoms. The number of nitrogen functional groups attached to an aromatic ring is 1. The van der Waals surface area contributed by atoms with Gasteiger partial charge in [0, 0.05) is 30.9 Å². The SMILES string of the molecule is Cn1cc(N)c(-c2cccc([N+](=O)[O-])c2)n1. The Bertz CT molecular complexity index is 548. The van der Waals surface area contributed by atoms with E-state index in [1.54, 1.807) is 30.1 Å². The zero-order chi connectivity index (χ0) is 11.7. The Hall–Kier alpha value is -2.37. The van der Waals surface area contributed by atoms with Crippen LogP contribution in [0.25, 0.3) is 11.3 Å². The summed E-state index contributed by atoms with van der Waals surface area (Å²) in [6.45, 7) is 0. The fourth-order valence-electron chi connectivity index (χ4n) is 1.50. The van der Waals surface area contributed by atoms with Gasteiger partial charge in [-0.05, 0) is 0 Å². The molecule has 1 aromatic carbocycles. The van der Waals surface area contributed by atoms with Crippen LogP contribution in [0.4, 0.5) is 11.4 Å². The summed E-state index contributed by atoms with van der Waals surface area (Å²) < 4.78 is 1.57. The Balaban J connectivity index is 2.52. The van der Waals surface area contributed by atoms with Gasteiger partial charge in [-0.3, -0.25) is 14.8 Å². The van der Waals surface area contributed by atoms with Crippen LogP contribution in [-0.2, 0) is 7.05 Å². The van der Waals surface area contributed by atoms with Crippen molar-refractivity contribution < 1.29 is 4.92 Å². The molecule has 1 heterocycles. The van der Waals surface area contributed by atoms with Crippen LogP contribution in [0.5, 0.6) is 0 Å². The van der Waals surface area contributed by atoms with Crippen LogP contribution < -0.4 is 5.73 Å². The topological polar surface area (TPSA) is 87.0 Å². The van der Waals surface area contributed by atoms with Crippen molar-refractivity contribution in [1.82, 2.24) is 9.78 Å². The lowest BCUT2D eigenvalue weighted by Crippen LogP contribution is -1.91. The lowest BCUT2D eigenvalue weighted by atomic mass is 10.1. The quantitative estimate of drug-likeness (QED) is 0.612. The summed E-state index contributed by atoms with van der Waals surface area (Å²) in [4.78, 5) is 10.2. The first-order valence-corrected chi connectivity index (χ1v) is 4.62. The molecule has 0 fully saturated rings. The molecule has 0 aliphatic rings. The minimum Gasteiger partial charge on any atom is -0.396 e. The normalized spacial score (nSPS) is 10.3. The molecule has 0 radical (unpaired) electrons. The molecule has 82 valence electrons. The van der Waals surface area contributed by atoms with Gasteiger partial charge in [-0.25, -0.2) is 0 Å². The van der Waals surface area contributed by atoms with E-state index in [0.29, 0.717) is 16.9 Å². The van der Waals surface area contributed by atoms with E-state index in [1.165, 1.54) is 12.1 Å². The lowest BCUT2D eigenvalue weighted by Gasteiger charge is -1.98. The predicted molar refractivity (Wildman–Crippen MR) is 59.7 cm³/mol. The molecule has 2 aromatic rings. The van der Waals surface area contributed by atoms with Gasteiger partial charge in [-0.15, -0.1) is 0 Å². The summed E-state index contributed by atoms with van der Waals surface area (Å²) in [5.74, 6) is 0. The molecule has 2 rings (SSSR count). The maximum atomic E-state index is 10.6. The molecule has 1 aromatic heterocycles. The summed E-state index contributed by atoms with van der Waals surface area (Å²) in [6, 6.07) is 6.24. The third-order valence-electron chi connectivity index (χ3n) is 2.19. The highest BCUT2D eigenvalue weighted by atomic mass is 16.6. The molecule has 0 aliphatic carbocycles. The van der Waals surface area contributed by atoms with Gasteiger partial charge in [0.1, 0.15) is 5.69 Å². The summed E-state index contributed by atoms with van der Waals surface area (Å²) in [6.07, 6.45) is 1.66. The van der Waals surface area contributed by atoms with Crippen molar-refractivity contribution in [3.63, 3.8) is 0 Å². The number of nitro groups is 1. The minimum absolute atomic E-state index is 0.0301. The molecule has 0 unspecified atom stereocenters. The van der Waals surface area contributed by atoms with E-state index in [9.17, 15) is 10.1 Å². The Morgan fingerprint density at radius 3 is 2.81 bits per heavy atom. The number of anilines is 1. The number of hydrogen-bond donors (Lipinski definition) is 1. The Labute approximate surface area is 91.5 Å². The van der Waals surface area contributed by atoms with Crippen molar-refractivity contribution in [3.8, 4) is 11.3 Å². The standard InChI is InChI=1S/C10H10N4O2/c1-13-6-9(11)10(12-13)7-3-2-4-8(5-7)14(15)16/h2-6H,11H2,1H3. The molecule has 0 bridgehead atoms. The predicted octanol–water partition coefficient (Wildman–Crippen LogP) is 1.58. The first-order chi connectivity index (χ1) is 7.58. The molecular formula is C10H10N4O2. The minimum atomic E-state index is -0.442. The van der Waals surface area contributed by atoms with Crippen LogP contribution in [-0.4, -0.2) is 14.7 Å². The lowest BCUT2D eigenvalue weighted by molar-refractivity contribution is -0.384. The van der Waals surface area contributed by atoms with E-state index in [0.717, 1.165) is 0 Å². The maximum absolute atomic E-state index is 10.6. The molecule has 6 nitrogen and oxygen atoms in total. The number of nitrogens with zero attached hydrogens (tertiary/aromatic N) is 3. The van der Waals surface area contributed by atoms with Crippen molar-refractivity contribution in [2.45, 2.75) is 0 Å². The van der Waals surface area contributed by atoms with E-state index < -0.39 is 4.92 Å². The van der Waals surface area contributed by atoms with E-state index in [-0.39, 0.29) is 5.69 Å². The summed E-state index contributed by atoms with van der Waals surface area (Å²) in [5, 5.41) is 14.8. The highest BCUT2D eigenvalue weighted by Crippen LogP contribution is 2.26. The average Bonchev–Trinajstić information content (AvgIpc) is 2.58. The Morgan fingerprint density at radius 2 is 2.25 bits per heavy atom. The van der Waals surface area contributed by atoms with E-state index in [2.05, 4.69) is 5.10 Å². The van der Waals surface area contributed by atoms with Crippen LogP contribution in [0.3, 0.4) is 0 Å². The fraction of sp³-hybridized carbons (Fsp3) is 0.100. The molecule has 0 atom stereocenters. The van der Waals surface area contributed by atoms with Gasteiger partial charge in [0.2, 0.25) is 0 Å². The number of non-ortho nitro benzene ring substituents is 1. The molecule has 2 N–H and O–H groups in total. The molecule has 0 saturated carbocycles. The highest BCUT2D eigenvalue weighted by Gasteiger charge is 2.11. The smallest absolute Gasteiger partial charge is 0.270 e. The zero-order valence-corrected chi connectivity index (χ0v) is 8.62. The molecular weight excluding hydrogens is 208 g/mol. The first-order valence-electron chi connectivity index (χ1n) is 4.62. The second-order valence-electron chi connectivity index (χ2n) is 3.41. The van der Waals surface area contributed by atoms with Crippen LogP contribution in [0.15, 0.2) is 30.5 Å². The van der Waals surface area contributed by atoms with E-state index >= 15 is 0 Å². The van der Waals surface area contributed by atoms with E-state index in [4.69, 9.17) is 5.73 Å². The molecule has 6 heteroatoms. The van der Waals surface area contributed by atoms with Crippen molar-refractivity contribution in [1.29, 1.82) is 0 Å². The highest BCUT2D eigenvalue weighted by molar-refractivity contribution is 5.73. The monoisotopic (exact) mass is 218 g/mol. The number of rotatable bonds is 2. The maximum Gasteiger partial charge on any atom is 0.270 e. The summed E-state index contributed by atoms with van der Waals surface area (Å²) in [7, 11) is 1.75. The van der Waals surface area contributed by atoms with Crippen molar-refractivity contribution >= 4 is 11.4 Å². The number of aromatic nitrogens is 2. The van der Waals surface area contributed by atoms with Gasteiger partial charge in [0.25, 0.3) is 5.69 Å². The molecule has 0 aliphatic heterocycles. The van der Waals surface area contributed by atoms with E-state index in [1.807, 2.05) is 0 Å². The Morgan fingerprint density at radius 1 is 1.50 bits per heavy atom. The van der Waals surface area contributed by atoms with Gasteiger partial charge >= 0.3 is 0 Å². The van der Waals surface area contributed by atoms with Crippen LogP contribution in [0, 0.1) is 10.1 Å². The van der Waals surface area contributed by atoms with Crippen LogP contribution in [0.2, 0.25) is 0 Å². The van der Waals surface area contributed by atoms with Gasteiger partial charge in [-0.2, -0.15) is 5.10 Å². The van der Waals surface area contributed by atoms with Crippen LogP contribution in [0.1, 0.15) is 0 Å². The zero-order valence-electron chi connectivity index (χ0n) is 8.62. The first kappa shape index (κ1) is 10.2. The number of nitrogens with two attached hydrogens (primary N) is 1. The third kappa shape index (κ3) is 1.72. The largest absolute Gasteiger partial charge is 0.396 e. The molecule has 0 spiro atoms. The summed E-state index contributed by atoms with van der Waals surface area (Å²) in [5.41, 5.74) is 7.49. The molecule has 0 amide bonds. The van der Waals surface area contributed by atoms with Gasteiger partial charge in [0.05, 0.1) is 10.6 Å². The number of benzene rings is 1. The van der Waals surface area contributed by atoms with Crippen molar-refractivity contribution in [2.75, 3.05) is 5.73 Å². The summed E-state index contributed by atoms with van der Waals surface area (Å²) >= 11 is 0. The number of aryl methyl sites for hydroxylation is 1. The number of hydrogen-bond acceptors (Lipinski definition) is 4. The fourth-order valence-corrected chi connectivity index (χ4v) is 1.50. The van der Waals surface area contributed by atoms with Gasteiger partial charge in [-0.1, -0.05) is 12.1 Å². The van der Waals surface area contributed by atoms with Crippen molar-refractivity contribution in [2.24, 2.45) is 7.05 Å². The Kier molecular flexibility index (Phi) is 2.32. The van der Waals surface area contributed by atoms with Gasteiger partial charge < -0.3 is 5.73 Å².